The Balaban J connectivity index is 1.77. The Morgan fingerprint density at radius 3 is 2.81 bits per heavy atom. The summed E-state index contributed by atoms with van der Waals surface area (Å²) in [5.41, 5.74) is 1.84. The number of halogens is 1. The van der Waals surface area contributed by atoms with Crippen molar-refractivity contribution in [3.63, 3.8) is 0 Å². The number of aromatic nitrogens is 2. The number of methoxy groups -OCH3 is 1. The van der Waals surface area contributed by atoms with E-state index in [-0.39, 0.29) is 10.6 Å². The molecule has 0 fully saturated rings. The summed E-state index contributed by atoms with van der Waals surface area (Å²) in [5.74, 6) is 0.269. The zero-order valence-corrected chi connectivity index (χ0v) is 17.3. The highest BCUT2D eigenvalue weighted by atomic mass is 79.9. The summed E-state index contributed by atoms with van der Waals surface area (Å²) in [7, 11) is -2.42. The first-order valence-electron chi connectivity index (χ1n) is 7.86. The minimum atomic E-state index is -3.86. The molecule has 2 aromatic heterocycles. The lowest BCUT2D eigenvalue weighted by molar-refractivity contribution is 0.403. The molecule has 27 heavy (non-hydrogen) atoms. The number of thiazole rings is 1. The van der Waals surface area contributed by atoms with Gasteiger partial charge >= 0.3 is 0 Å². The predicted molar refractivity (Wildman–Crippen MR) is 110 cm³/mol. The predicted octanol–water partition coefficient (Wildman–Crippen LogP) is 4.63. The van der Waals surface area contributed by atoms with Crippen molar-refractivity contribution in [2.75, 3.05) is 11.8 Å². The van der Waals surface area contributed by atoms with Gasteiger partial charge in [-0.25, -0.2) is 13.4 Å². The SMILES string of the molecule is COc1ccc(Br)cc1S(=O)(=O)Nc1ccccc1-c1cn2ccsc2n1. The summed E-state index contributed by atoms with van der Waals surface area (Å²) >= 11 is 4.83. The molecule has 6 nitrogen and oxygen atoms in total. The zero-order chi connectivity index (χ0) is 19.0. The second kappa shape index (κ2) is 6.99. The Bertz CT molecular complexity index is 1200. The van der Waals surface area contributed by atoms with Gasteiger partial charge in [0.15, 0.2) is 4.96 Å². The highest BCUT2D eigenvalue weighted by Crippen LogP contribution is 2.33. The first-order chi connectivity index (χ1) is 13.0. The second-order valence-electron chi connectivity index (χ2n) is 5.67. The lowest BCUT2D eigenvalue weighted by Crippen LogP contribution is -2.14. The van der Waals surface area contributed by atoms with Crippen LogP contribution < -0.4 is 9.46 Å². The van der Waals surface area contributed by atoms with Crippen molar-refractivity contribution in [1.82, 2.24) is 9.38 Å². The number of anilines is 1. The monoisotopic (exact) mass is 463 g/mol. The minimum absolute atomic E-state index is 0.0556. The topological polar surface area (TPSA) is 72.7 Å². The molecule has 0 saturated carbocycles. The fourth-order valence-electron chi connectivity index (χ4n) is 2.71. The minimum Gasteiger partial charge on any atom is -0.495 e. The molecule has 4 rings (SSSR count). The molecule has 0 bridgehead atoms. The van der Waals surface area contributed by atoms with Crippen LogP contribution in [0, 0.1) is 0 Å². The maximum absolute atomic E-state index is 13.0. The van der Waals surface area contributed by atoms with Crippen molar-refractivity contribution in [3.05, 3.63) is 64.7 Å². The summed E-state index contributed by atoms with van der Waals surface area (Å²) in [5, 5.41) is 1.94. The van der Waals surface area contributed by atoms with E-state index in [4.69, 9.17) is 4.74 Å². The zero-order valence-electron chi connectivity index (χ0n) is 14.1. The molecular formula is C18H14BrN3O3S2. The molecule has 0 aliphatic rings. The molecule has 0 aliphatic heterocycles. The molecule has 2 aromatic carbocycles. The van der Waals surface area contributed by atoms with Gasteiger partial charge in [0.2, 0.25) is 0 Å². The molecule has 0 aliphatic carbocycles. The Morgan fingerprint density at radius 1 is 1.22 bits per heavy atom. The molecule has 0 unspecified atom stereocenters. The van der Waals surface area contributed by atoms with Crippen LogP contribution in [0.4, 0.5) is 5.69 Å². The standard InChI is InChI=1S/C18H14BrN3O3S2/c1-25-16-7-6-12(19)10-17(16)27(23,24)21-14-5-3-2-4-13(14)15-11-22-8-9-26-18(22)20-15/h2-11,21H,1H3. The van der Waals surface area contributed by atoms with Crippen LogP contribution in [0.3, 0.4) is 0 Å². The molecule has 0 amide bonds. The third kappa shape index (κ3) is 3.45. The van der Waals surface area contributed by atoms with Crippen molar-refractivity contribution in [2.24, 2.45) is 0 Å². The molecule has 1 N–H and O–H groups in total. The van der Waals surface area contributed by atoms with Crippen molar-refractivity contribution in [1.29, 1.82) is 0 Å². The molecule has 4 aromatic rings. The van der Waals surface area contributed by atoms with Crippen molar-refractivity contribution >= 4 is 47.9 Å². The number of para-hydroxylation sites is 1. The Morgan fingerprint density at radius 2 is 2.04 bits per heavy atom. The van der Waals surface area contributed by atoms with Crippen molar-refractivity contribution in [3.8, 4) is 17.0 Å². The van der Waals surface area contributed by atoms with Crippen LogP contribution in [0.25, 0.3) is 16.2 Å². The molecule has 9 heteroatoms. The highest BCUT2D eigenvalue weighted by Gasteiger charge is 2.22. The maximum Gasteiger partial charge on any atom is 0.265 e. The Labute approximate surface area is 168 Å². The van der Waals surface area contributed by atoms with Crippen LogP contribution in [0.1, 0.15) is 0 Å². The van der Waals surface area contributed by atoms with Gasteiger partial charge in [-0.3, -0.25) is 9.12 Å². The van der Waals surface area contributed by atoms with Gasteiger partial charge in [0, 0.05) is 27.8 Å². The average Bonchev–Trinajstić information content (AvgIpc) is 3.24. The molecular weight excluding hydrogens is 450 g/mol. The fourth-order valence-corrected chi connectivity index (χ4v) is 5.20. The van der Waals surface area contributed by atoms with Gasteiger partial charge in [-0.15, -0.1) is 11.3 Å². The quantitative estimate of drug-likeness (QED) is 0.467. The van der Waals surface area contributed by atoms with E-state index in [1.165, 1.54) is 24.5 Å². The highest BCUT2D eigenvalue weighted by molar-refractivity contribution is 9.10. The molecule has 0 saturated heterocycles. The van der Waals surface area contributed by atoms with Gasteiger partial charge in [0.1, 0.15) is 10.6 Å². The van der Waals surface area contributed by atoms with Crippen LogP contribution >= 0.6 is 27.3 Å². The number of benzene rings is 2. The van der Waals surface area contributed by atoms with E-state index < -0.39 is 10.0 Å². The van der Waals surface area contributed by atoms with Crippen molar-refractivity contribution in [2.45, 2.75) is 4.90 Å². The Kier molecular flexibility index (Phi) is 4.67. The van der Waals surface area contributed by atoms with Crippen LogP contribution in [0.2, 0.25) is 0 Å². The number of imidazole rings is 1. The van der Waals surface area contributed by atoms with E-state index in [0.29, 0.717) is 21.4 Å². The lowest BCUT2D eigenvalue weighted by Gasteiger charge is -2.14. The third-order valence-electron chi connectivity index (χ3n) is 3.96. The number of hydrogen-bond acceptors (Lipinski definition) is 5. The van der Waals surface area contributed by atoms with Gasteiger partial charge in [0.25, 0.3) is 10.0 Å². The van der Waals surface area contributed by atoms with E-state index in [2.05, 4.69) is 25.6 Å². The number of nitrogens with one attached hydrogen (secondary N) is 1. The number of rotatable bonds is 5. The van der Waals surface area contributed by atoms with Gasteiger partial charge in [-0.1, -0.05) is 34.1 Å². The molecule has 0 atom stereocenters. The van der Waals surface area contributed by atoms with Crippen LogP contribution in [0.15, 0.2) is 69.6 Å². The number of ether oxygens (including phenoxy) is 1. The summed E-state index contributed by atoms with van der Waals surface area (Å²) in [6.45, 7) is 0. The number of sulfonamides is 1. The van der Waals surface area contributed by atoms with Crippen molar-refractivity contribution < 1.29 is 13.2 Å². The summed E-state index contributed by atoms with van der Waals surface area (Å²) in [4.78, 5) is 5.47. The smallest absolute Gasteiger partial charge is 0.265 e. The summed E-state index contributed by atoms with van der Waals surface area (Å²) < 4.78 is 36.4. The first-order valence-corrected chi connectivity index (χ1v) is 11.0. The third-order valence-corrected chi connectivity index (χ3v) is 6.61. The summed E-state index contributed by atoms with van der Waals surface area (Å²) in [6.07, 6.45) is 3.79. The van der Waals surface area contributed by atoms with Crippen LogP contribution in [-0.2, 0) is 10.0 Å². The van der Waals surface area contributed by atoms with Crippen LogP contribution in [-0.4, -0.2) is 24.9 Å². The maximum atomic E-state index is 13.0. The van der Waals surface area contributed by atoms with E-state index >= 15 is 0 Å². The number of fused-ring (bicyclic) bond motifs is 1. The number of hydrogen-bond donors (Lipinski definition) is 1. The largest absolute Gasteiger partial charge is 0.495 e. The summed E-state index contributed by atoms with van der Waals surface area (Å²) in [6, 6.07) is 12.0. The normalized spacial score (nSPS) is 11.6. The van der Waals surface area contributed by atoms with E-state index in [0.717, 1.165) is 4.96 Å². The molecule has 0 radical (unpaired) electrons. The average molecular weight is 464 g/mol. The number of nitrogens with zero attached hydrogens (tertiary/aromatic N) is 2. The lowest BCUT2D eigenvalue weighted by atomic mass is 10.1. The van der Waals surface area contributed by atoms with E-state index in [1.807, 2.05) is 34.3 Å². The van der Waals surface area contributed by atoms with Gasteiger partial charge in [-0.05, 0) is 24.3 Å². The molecule has 138 valence electrons. The van der Waals surface area contributed by atoms with E-state index in [1.54, 1.807) is 24.3 Å². The van der Waals surface area contributed by atoms with Gasteiger partial charge in [-0.2, -0.15) is 0 Å². The fraction of sp³-hybridized carbons (Fsp3) is 0.0556. The first kappa shape index (κ1) is 18.0. The second-order valence-corrected chi connectivity index (χ2v) is 9.10. The van der Waals surface area contributed by atoms with Crippen LogP contribution in [0.5, 0.6) is 5.75 Å². The van der Waals surface area contributed by atoms with Gasteiger partial charge < -0.3 is 4.74 Å². The van der Waals surface area contributed by atoms with E-state index in [9.17, 15) is 8.42 Å². The van der Waals surface area contributed by atoms with Gasteiger partial charge in [0.05, 0.1) is 18.5 Å². The Hall–Kier alpha value is -2.36. The molecule has 2 heterocycles. The molecule has 0 spiro atoms.